The second-order valence-corrected chi connectivity index (χ2v) is 5.94. The van der Waals surface area contributed by atoms with E-state index in [-0.39, 0.29) is 0 Å². The normalized spacial score (nSPS) is 18.2. The van der Waals surface area contributed by atoms with Crippen LogP contribution in [-0.2, 0) is 13.1 Å². The van der Waals surface area contributed by atoms with Crippen LogP contribution in [0.15, 0.2) is 18.2 Å². The molecular weight excluding hydrogens is 258 g/mol. The largest absolute Gasteiger partial charge is 0.326 e. The monoisotopic (exact) mass is 281 g/mol. The van der Waals surface area contributed by atoms with Gasteiger partial charge in [-0.1, -0.05) is 23.7 Å². The van der Waals surface area contributed by atoms with E-state index in [4.69, 9.17) is 17.3 Å². The molecule has 0 spiro atoms. The summed E-state index contributed by atoms with van der Waals surface area (Å²) in [6.45, 7) is 10.5. The zero-order chi connectivity index (χ0) is 13.8. The van der Waals surface area contributed by atoms with Gasteiger partial charge in [0, 0.05) is 50.3 Å². The molecule has 0 bridgehead atoms. The van der Waals surface area contributed by atoms with Crippen LogP contribution in [0.5, 0.6) is 0 Å². The number of nitrogens with zero attached hydrogens (tertiary/aromatic N) is 2. The topological polar surface area (TPSA) is 32.5 Å². The molecule has 2 N–H and O–H groups in total. The molecule has 0 saturated carbocycles. The summed E-state index contributed by atoms with van der Waals surface area (Å²) in [5.41, 5.74) is 7.92. The average molecular weight is 282 g/mol. The van der Waals surface area contributed by atoms with Crippen molar-refractivity contribution in [1.29, 1.82) is 0 Å². The molecule has 1 saturated heterocycles. The molecular formula is C15H24ClN3. The van der Waals surface area contributed by atoms with Gasteiger partial charge in [-0.3, -0.25) is 9.80 Å². The molecule has 1 heterocycles. The lowest BCUT2D eigenvalue weighted by molar-refractivity contribution is 0.104. The van der Waals surface area contributed by atoms with E-state index in [1.54, 1.807) is 0 Å². The quantitative estimate of drug-likeness (QED) is 0.919. The predicted molar refractivity (Wildman–Crippen MR) is 81.3 cm³/mol. The van der Waals surface area contributed by atoms with Crippen LogP contribution in [0.3, 0.4) is 0 Å². The van der Waals surface area contributed by atoms with Crippen LogP contribution in [0.4, 0.5) is 0 Å². The van der Waals surface area contributed by atoms with E-state index in [1.807, 2.05) is 6.07 Å². The Morgan fingerprint density at radius 1 is 1.21 bits per heavy atom. The van der Waals surface area contributed by atoms with Gasteiger partial charge in [0.05, 0.1) is 0 Å². The van der Waals surface area contributed by atoms with Gasteiger partial charge in [0.1, 0.15) is 0 Å². The van der Waals surface area contributed by atoms with Crippen molar-refractivity contribution in [3.63, 3.8) is 0 Å². The first-order chi connectivity index (χ1) is 9.10. The first-order valence-corrected chi connectivity index (χ1v) is 7.41. The Labute approximate surface area is 121 Å². The molecule has 0 radical (unpaired) electrons. The number of nitrogens with two attached hydrogens (primary N) is 1. The highest BCUT2D eigenvalue weighted by Gasteiger charge is 2.19. The summed E-state index contributed by atoms with van der Waals surface area (Å²) in [7, 11) is 0. The maximum absolute atomic E-state index is 6.31. The van der Waals surface area contributed by atoms with Gasteiger partial charge in [0.25, 0.3) is 0 Å². The van der Waals surface area contributed by atoms with Crippen LogP contribution < -0.4 is 5.73 Å². The van der Waals surface area contributed by atoms with Gasteiger partial charge in [0.15, 0.2) is 0 Å². The van der Waals surface area contributed by atoms with Gasteiger partial charge in [-0.05, 0) is 31.0 Å². The molecule has 1 fully saturated rings. The molecule has 2 rings (SSSR count). The van der Waals surface area contributed by atoms with E-state index in [2.05, 4.69) is 35.8 Å². The molecule has 1 aromatic carbocycles. The van der Waals surface area contributed by atoms with Gasteiger partial charge in [-0.25, -0.2) is 0 Å². The third-order valence-corrected chi connectivity index (χ3v) is 4.24. The predicted octanol–water partition coefficient (Wildman–Crippen LogP) is 2.32. The van der Waals surface area contributed by atoms with Crippen LogP contribution >= 0.6 is 11.6 Å². The summed E-state index contributed by atoms with van der Waals surface area (Å²) >= 11 is 6.31. The molecule has 0 atom stereocenters. The smallest absolute Gasteiger partial charge is 0.0454 e. The molecule has 1 aromatic rings. The molecule has 1 aliphatic heterocycles. The summed E-state index contributed by atoms with van der Waals surface area (Å²) in [5, 5.41) is 0.842. The van der Waals surface area contributed by atoms with Crippen molar-refractivity contribution in [2.24, 2.45) is 5.73 Å². The Hall–Kier alpha value is -0.610. The highest BCUT2D eigenvalue weighted by Crippen LogP contribution is 2.20. The maximum Gasteiger partial charge on any atom is 0.0454 e. The number of hydrogen-bond donors (Lipinski definition) is 1. The SMILES string of the molecule is CC(C)N1CCN(Cc2ccc(CN)cc2Cl)CC1. The van der Waals surface area contributed by atoms with Crippen molar-refractivity contribution in [3.05, 3.63) is 34.3 Å². The van der Waals surface area contributed by atoms with E-state index in [9.17, 15) is 0 Å². The van der Waals surface area contributed by atoms with Crippen LogP contribution in [-0.4, -0.2) is 42.0 Å². The second kappa shape index (κ2) is 6.71. The minimum atomic E-state index is 0.549. The van der Waals surface area contributed by atoms with Crippen LogP contribution in [0.2, 0.25) is 5.02 Å². The Bertz CT molecular complexity index is 412. The standard InChI is InChI=1S/C15H24ClN3/c1-12(2)19-7-5-18(6-8-19)11-14-4-3-13(10-17)9-15(14)16/h3-4,9,12H,5-8,10-11,17H2,1-2H3. The number of benzene rings is 1. The Morgan fingerprint density at radius 3 is 2.42 bits per heavy atom. The van der Waals surface area contributed by atoms with E-state index < -0.39 is 0 Å². The summed E-state index contributed by atoms with van der Waals surface area (Å²) in [4.78, 5) is 5.00. The molecule has 4 heteroatoms. The Balaban J connectivity index is 1.92. The molecule has 1 aliphatic rings. The van der Waals surface area contributed by atoms with Gasteiger partial charge in [-0.15, -0.1) is 0 Å². The summed E-state index contributed by atoms with van der Waals surface area (Å²) in [6, 6.07) is 6.82. The molecule has 106 valence electrons. The maximum atomic E-state index is 6.31. The molecule has 0 amide bonds. The minimum absolute atomic E-state index is 0.549. The molecule has 0 aromatic heterocycles. The minimum Gasteiger partial charge on any atom is -0.326 e. The molecule has 19 heavy (non-hydrogen) atoms. The molecule has 0 unspecified atom stereocenters. The molecule has 3 nitrogen and oxygen atoms in total. The van der Waals surface area contributed by atoms with Crippen molar-refractivity contribution in [3.8, 4) is 0 Å². The Morgan fingerprint density at radius 2 is 1.89 bits per heavy atom. The lowest BCUT2D eigenvalue weighted by Gasteiger charge is -2.37. The number of piperazine rings is 1. The third kappa shape index (κ3) is 3.93. The van der Waals surface area contributed by atoms with Gasteiger partial charge >= 0.3 is 0 Å². The summed E-state index contributed by atoms with van der Waals surface area (Å²) < 4.78 is 0. The second-order valence-electron chi connectivity index (χ2n) is 5.54. The zero-order valence-electron chi connectivity index (χ0n) is 11.9. The fourth-order valence-corrected chi connectivity index (χ4v) is 2.79. The Kier molecular flexibility index (Phi) is 5.22. The van der Waals surface area contributed by atoms with Crippen molar-refractivity contribution in [1.82, 2.24) is 9.80 Å². The third-order valence-electron chi connectivity index (χ3n) is 3.88. The zero-order valence-corrected chi connectivity index (χ0v) is 12.7. The van der Waals surface area contributed by atoms with Crippen molar-refractivity contribution < 1.29 is 0 Å². The van der Waals surface area contributed by atoms with E-state index in [0.29, 0.717) is 12.6 Å². The van der Waals surface area contributed by atoms with Gasteiger partial charge in [-0.2, -0.15) is 0 Å². The van der Waals surface area contributed by atoms with Crippen LogP contribution in [0, 0.1) is 0 Å². The van der Waals surface area contributed by atoms with E-state index in [0.717, 1.165) is 43.3 Å². The van der Waals surface area contributed by atoms with Crippen molar-refractivity contribution in [2.75, 3.05) is 26.2 Å². The fraction of sp³-hybridized carbons (Fsp3) is 0.600. The van der Waals surface area contributed by atoms with Gasteiger partial charge in [0.2, 0.25) is 0 Å². The summed E-state index contributed by atoms with van der Waals surface area (Å²) in [5.74, 6) is 0. The molecule has 0 aliphatic carbocycles. The lowest BCUT2D eigenvalue weighted by Crippen LogP contribution is -2.48. The highest BCUT2D eigenvalue weighted by atomic mass is 35.5. The number of rotatable bonds is 4. The van der Waals surface area contributed by atoms with Crippen molar-refractivity contribution in [2.45, 2.75) is 33.0 Å². The highest BCUT2D eigenvalue weighted by molar-refractivity contribution is 6.31. The first-order valence-electron chi connectivity index (χ1n) is 7.04. The summed E-state index contributed by atoms with van der Waals surface area (Å²) in [6.07, 6.45) is 0. The van der Waals surface area contributed by atoms with Crippen LogP contribution in [0.25, 0.3) is 0 Å². The number of hydrogen-bond acceptors (Lipinski definition) is 3. The average Bonchev–Trinajstić information content (AvgIpc) is 2.41. The van der Waals surface area contributed by atoms with Gasteiger partial charge < -0.3 is 5.73 Å². The van der Waals surface area contributed by atoms with Crippen molar-refractivity contribution >= 4 is 11.6 Å². The van der Waals surface area contributed by atoms with Crippen LogP contribution in [0.1, 0.15) is 25.0 Å². The first kappa shape index (κ1) is 14.8. The lowest BCUT2D eigenvalue weighted by atomic mass is 10.1. The fourth-order valence-electron chi connectivity index (χ4n) is 2.52. The van der Waals surface area contributed by atoms with E-state index >= 15 is 0 Å². The van der Waals surface area contributed by atoms with E-state index in [1.165, 1.54) is 5.56 Å². The number of halogens is 1.